The first-order valence-electron chi connectivity index (χ1n) is 4.99. The van der Waals surface area contributed by atoms with Crippen molar-refractivity contribution in [3.05, 3.63) is 34.9 Å². The van der Waals surface area contributed by atoms with Gasteiger partial charge in [0.25, 0.3) is 0 Å². The van der Waals surface area contributed by atoms with E-state index in [0.717, 1.165) is 12.0 Å². The minimum absolute atomic E-state index is 0.00468. The van der Waals surface area contributed by atoms with Crippen molar-refractivity contribution >= 4 is 11.8 Å². The molecule has 0 amide bonds. The van der Waals surface area contributed by atoms with E-state index in [2.05, 4.69) is 0 Å². The summed E-state index contributed by atoms with van der Waals surface area (Å²) in [6.45, 7) is 3.72. The molecule has 15 heavy (non-hydrogen) atoms. The second-order valence-electron chi connectivity index (χ2n) is 3.31. The van der Waals surface area contributed by atoms with Crippen LogP contribution < -0.4 is 0 Å². The van der Waals surface area contributed by atoms with E-state index in [4.69, 9.17) is 5.11 Å². The minimum Gasteiger partial charge on any atom is -0.478 e. The minimum atomic E-state index is -0.997. The number of Topliss-reactive ketones (excluding diaryl/α,β-unsaturated/α-hetero) is 1. The molecule has 0 spiro atoms. The summed E-state index contributed by atoms with van der Waals surface area (Å²) >= 11 is 0. The van der Waals surface area contributed by atoms with Crippen molar-refractivity contribution in [2.45, 2.75) is 26.7 Å². The van der Waals surface area contributed by atoms with Gasteiger partial charge in [0.05, 0.1) is 5.56 Å². The SMILES string of the molecule is CCC(=O)c1cc(C(=O)O)ccc1CC. The fraction of sp³-hybridized carbons (Fsp3) is 0.333. The first-order valence-corrected chi connectivity index (χ1v) is 4.99. The van der Waals surface area contributed by atoms with E-state index in [0.29, 0.717) is 12.0 Å². The van der Waals surface area contributed by atoms with E-state index in [1.807, 2.05) is 6.92 Å². The first kappa shape index (κ1) is 11.4. The van der Waals surface area contributed by atoms with E-state index in [1.165, 1.54) is 12.1 Å². The maximum Gasteiger partial charge on any atom is 0.335 e. The van der Waals surface area contributed by atoms with Crippen LogP contribution in [0.15, 0.2) is 18.2 Å². The molecule has 1 rings (SSSR count). The molecule has 1 aromatic rings. The van der Waals surface area contributed by atoms with Gasteiger partial charge in [-0.25, -0.2) is 4.79 Å². The van der Waals surface area contributed by atoms with E-state index >= 15 is 0 Å². The number of ketones is 1. The molecule has 0 aromatic heterocycles. The van der Waals surface area contributed by atoms with Crippen LogP contribution >= 0.6 is 0 Å². The van der Waals surface area contributed by atoms with Crippen molar-refractivity contribution in [2.24, 2.45) is 0 Å². The molecule has 0 radical (unpaired) electrons. The van der Waals surface area contributed by atoms with Crippen molar-refractivity contribution < 1.29 is 14.7 Å². The largest absolute Gasteiger partial charge is 0.478 e. The molecule has 3 heteroatoms. The van der Waals surface area contributed by atoms with Gasteiger partial charge in [-0.1, -0.05) is 19.9 Å². The Morgan fingerprint density at radius 3 is 2.40 bits per heavy atom. The summed E-state index contributed by atoms with van der Waals surface area (Å²) in [5.41, 5.74) is 1.62. The van der Waals surface area contributed by atoms with Crippen LogP contribution in [-0.2, 0) is 6.42 Å². The van der Waals surface area contributed by atoms with Gasteiger partial charge >= 0.3 is 5.97 Å². The number of carboxylic acids is 1. The zero-order valence-corrected chi connectivity index (χ0v) is 8.91. The molecule has 0 unspecified atom stereocenters. The van der Waals surface area contributed by atoms with Crippen molar-refractivity contribution in [3.8, 4) is 0 Å². The number of benzene rings is 1. The van der Waals surface area contributed by atoms with Gasteiger partial charge in [0.15, 0.2) is 5.78 Å². The van der Waals surface area contributed by atoms with E-state index in [1.54, 1.807) is 13.0 Å². The molecule has 0 aliphatic rings. The monoisotopic (exact) mass is 206 g/mol. The zero-order valence-electron chi connectivity index (χ0n) is 8.91. The molecule has 0 saturated heterocycles. The van der Waals surface area contributed by atoms with Crippen molar-refractivity contribution in [1.82, 2.24) is 0 Å². The molecule has 0 heterocycles. The summed E-state index contributed by atoms with van der Waals surface area (Å²) in [7, 11) is 0. The Morgan fingerprint density at radius 1 is 1.27 bits per heavy atom. The molecular weight excluding hydrogens is 192 g/mol. The second-order valence-corrected chi connectivity index (χ2v) is 3.31. The predicted molar refractivity (Wildman–Crippen MR) is 57.4 cm³/mol. The van der Waals surface area contributed by atoms with Gasteiger partial charge in [-0.15, -0.1) is 0 Å². The molecule has 0 atom stereocenters. The number of hydrogen-bond donors (Lipinski definition) is 1. The summed E-state index contributed by atoms with van der Waals surface area (Å²) < 4.78 is 0. The zero-order chi connectivity index (χ0) is 11.4. The van der Waals surface area contributed by atoms with Crippen LogP contribution in [0.25, 0.3) is 0 Å². The van der Waals surface area contributed by atoms with Gasteiger partial charge in [-0.05, 0) is 24.1 Å². The van der Waals surface area contributed by atoms with Gasteiger partial charge < -0.3 is 5.11 Å². The Bertz CT molecular complexity index is 394. The third-order valence-electron chi connectivity index (χ3n) is 2.36. The van der Waals surface area contributed by atoms with Crippen LogP contribution in [-0.4, -0.2) is 16.9 Å². The Morgan fingerprint density at radius 2 is 1.93 bits per heavy atom. The summed E-state index contributed by atoms with van der Waals surface area (Å²) in [6, 6.07) is 4.72. The smallest absolute Gasteiger partial charge is 0.335 e. The molecule has 1 aromatic carbocycles. The lowest BCUT2D eigenvalue weighted by atomic mass is 9.97. The fourth-order valence-corrected chi connectivity index (χ4v) is 1.47. The Balaban J connectivity index is 3.25. The maximum absolute atomic E-state index is 11.6. The Kier molecular flexibility index (Phi) is 3.61. The lowest BCUT2D eigenvalue weighted by Gasteiger charge is -2.06. The highest BCUT2D eigenvalue weighted by Crippen LogP contribution is 2.15. The summed E-state index contributed by atoms with van der Waals surface area (Å²) in [4.78, 5) is 22.3. The normalized spacial score (nSPS) is 10.0. The van der Waals surface area contributed by atoms with Gasteiger partial charge in [0.1, 0.15) is 0 Å². The fourth-order valence-electron chi connectivity index (χ4n) is 1.47. The number of carboxylic acid groups (broad SMARTS) is 1. The molecule has 1 N–H and O–H groups in total. The van der Waals surface area contributed by atoms with Crippen LogP contribution in [0, 0.1) is 0 Å². The summed E-state index contributed by atoms with van der Waals surface area (Å²) in [5, 5.41) is 8.82. The molecule has 80 valence electrons. The molecule has 0 saturated carbocycles. The van der Waals surface area contributed by atoms with E-state index < -0.39 is 5.97 Å². The number of carbonyl (C=O) groups excluding carboxylic acids is 1. The number of aryl methyl sites for hydroxylation is 1. The van der Waals surface area contributed by atoms with E-state index in [-0.39, 0.29) is 11.3 Å². The third kappa shape index (κ3) is 2.43. The summed E-state index contributed by atoms with van der Waals surface area (Å²) in [6.07, 6.45) is 1.14. The molecule has 0 fully saturated rings. The van der Waals surface area contributed by atoms with E-state index in [9.17, 15) is 9.59 Å². The molecular formula is C12H14O3. The van der Waals surface area contributed by atoms with Crippen molar-refractivity contribution in [1.29, 1.82) is 0 Å². The molecule has 3 nitrogen and oxygen atoms in total. The number of carbonyl (C=O) groups is 2. The van der Waals surface area contributed by atoms with Gasteiger partial charge in [-0.3, -0.25) is 4.79 Å². The lowest BCUT2D eigenvalue weighted by molar-refractivity contribution is 0.0697. The standard InChI is InChI=1S/C12H14O3/c1-3-8-5-6-9(12(14)15)7-10(8)11(13)4-2/h5-7H,3-4H2,1-2H3,(H,14,15). The Hall–Kier alpha value is -1.64. The van der Waals surface area contributed by atoms with Crippen LogP contribution in [0.2, 0.25) is 0 Å². The van der Waals surface area contributed by atoms with Crippen LogP contribution in [0.4, 0.5) is 0 Å². The van der Waals surface area contributed by atoms with Crippen LogP contribution in [0.3, 0.4) is 0 Å². The third-order valence-corrected chi connectivity index (χ3v) is 2.36. The van der Waals surface area contributed by atoms with Crippen LogP contribution in [0.1, 0.15) is 46.5 Å². The topological polar surface area (TPSA) is 54.4 Å². The van der Waals surface area contributed by atoms with Crippen molar-refractivity contribution in [2.75, 3.05) is 0 Å². The highest BCUT2D eigenvalue weighted by atomic mass is 16.4. The highest BCUT2D eigenvalue weighted by Gasteiger charge is 2.12. The molecule has 0 bridgehead atoms. The average molecular weight is 206 g/mol. The highest BCUT2D eigenvalue weighted by molar-refractivity contribution is 5.99. The number of hydrogen-bond acceptors (Lipinski definition) is 2. The Labute approximate surface area is 88.7 Å². The first-order chi connectivity index (χ1) is 7.10. The summed E-state index contributed by atoms with van der Waals surface area (Å²) in [5.74, 6) is -1.00. The average Bonchev–Trinajstić information content (AvgIpc) is 2.27. The quantitative estimate of drug-likeness (QED) is 0.770. The van der Waals surface area contributed by atoms with Crippen molar-refractivity contribution in [3.63, 3.8) is 0 Å². The van der Waals surface area contributed by atoms with Gasteiger partial charge in [0, 0.05) is 12.0 Å². The molecule has 0 aliphatic heterocycles. The van der Waals surface area contributed by atoms with Gasteiger partial charge in [0.2, 0.25) is 0 Å². The second kappa shape index (κ2) is 4.73. The predicted octanol–water partition coefficient (Wildman–Crippen LogP) is 2.54. The maximum atomic E-state index is 11.6. The molecule has 0 aliphatic carbocycles. The van der Waals surface area contributed by atoms with Gasteiger partial charge in [-0.2, -0.15) is 0 Å². The lowest BCUT2D eigenvalue weighted by Crippen LogP contribution is -2.05. The number of aromatic carboxylic acids is 1. The number of rotatable bonds is 4. The van der Waals surface area contributed by atoms with Crippen LogP contribution in [0.5, 0.6) is 0 Å².